The minimum atomic E-state index is -0.618. The van der Waals surface area contributed by atoms with E-state index >= 15 is 0 Å². The normalized spacial score (nSPS) is 14.5. The summed E-state index contributed by atoms with van der Waals surface area (Å²) >= 11 is 0. The van der Waals surface area contributed by atoms with E-state index in [1.54, 1.807) is 29.2 Å². The third-order valence-corrected chi connectivity index (χ3v) is 4.94. The van der Waals surface area contributed by atoms with Gasteiger partial charge in [-0.1, -0.05) is 12.1 Å². The molecule has 0 saturated carbocycles. The number of primary amides is 1. The number of hydrogen-bond acceptors (Lipinski definition) is 5. The molecular formula is C22H25FN4O4. The van der Waals surface area contributed by atoms with Crippen LogP contribution in [-0.4, -0.2) is 66.9 Å². The number of nitrogens with zero attached hydrogens (tertiary/aromatic N) is 2. The van der Waals surface area contributed by atoms with Gasteiger partial charge in [0.1, 0.15) is 11.6 Å². The molecule has 2 aromatic rings. The summed E-state index contributed by atoms with van der Waals surface area (Å²) in [6.45, 7) is 2.21. The van der Waals surface area contributed by atoms with Crippen molar-refractivity contribution < 1.29 is 23.5 Å². The number of carbonyl (C=O) groups is 3. The van der Waals surface area contributed by atoms with Gasteiger partial charge in [-0.15, -0.1) is 0 Å². The van der Waals surface area contributed by atoms with Crippen molar-refractivity contribution in [2.75, 3.05) is 44.6 Å². The van der Waals surface area contributed by atoms with Crippen molar-refractivity contribution in [3.05, 3.63) is 59.9 Å². The number of carbonyl (C=O) groups excluding carboxylic acids is 3. The second-order valence-corrected chi connectivity index (χ2v) is 7.21. The minimum absolute atomic E-state index is 0.182. The number of benzene rings is 2. The highest BCUT2D eigenvalue weighted by Crippen LogP contribution is 2.17. The van der Waals surface area contributed by atoms with E-state index in [1.165, 1.54) is 24.3 Å². The third-order valence-electron chi connectivity index (χ3n) is 4.94. The Morgan fingerprint density at radius 2 is 1.74 bits per heavy atom. The number of nitrogens with two attached hydrogens (primary N) is 1. The van der Waals surface area contributed by atoms with Crippen LogP contribution in [0.4, 0.5) is 10.1 Å². The number of halogens is 1. The molecule has 0 bridgehead atoms. The number of ether oxygens (including phenoxy) is 1. The van der Waals surface area contributed by atoms with E-state index < -0.39 is 5.91 Å². The van der Waals surface area contributed by atoms with Crippen LogP contribution in [0.15, 0.2) is 48.5 Å². The summed E-state index contributed by atoms with van der Waals surface area (Å²) in [6.07, 6.45) is 0.716. The zero-order valence-corrected chi connectivity index (χ0v) is 17.1. The van der Waals surface area contributed by atoms with Gasteiger partial charge in [0.25, 0.3) is 11.8 Å². The van der Waals surface area contributed by atoms with E-state index in [1.807, 2.05) is 4.90 Å². The summed E-state index contributed by atoms with van der Waals surface area (Å²) in [4.78, 5) is 39.9. The summed E-state index contributed by atoms with van der Waals surface area (Å²) < 4.78 is 18.5. The Morgan fingerprint density at radius 1 is 1.00 bits per heavy atom. The van der Waals surface area contributed by atoms with Crippen LogP contribution in [0.25, 0.3) is 0 Å². The second-order valence-electron chi connectivity index (χ2n) is 7.21. The van der Waals surface area contributed by atoms with Gasteiger partial charge in [0.15, 0.2) is 6.61 Å². The number of amides is 3. The molecule has 1 aliphatic heterocycles. The van der Waals surface area contributed by atoms with E-state index in [0.717, 1.165) is 0 Å². The molecule has 0 aliphatic carbocycles. The highest BCUT2D eigenvalue weighted by atomic mass is 19.1. The topological polar surface area (TPSA) is 105 Å². The van der Waals surface area contributed by atoms with Gasteiger partial charge in [-0.2, -0.15) is 0 Å². The summed E-state index contributed by atoms with van der Waals surface area (Å²) in [5, 5.41) is 2.74. The molecule has 1 heterocycles. The van der Waals surface area contributed by atoms with E-state index in [-0.39, 0.29) is 42.1 Å². The molecule has 0 atom stereocenters. The predicted octanol–water partition coefficient (Wildman–Crippen LogP) is 1.48. The van der Waals surface area contributed by atoms with Crippen LogP contribution >= 0.6 is 0 Å². The maximum Gasteiger partial charge on any atom is 0.260 e. The van der Waals surface area contributed by atoms with Gasteiger partial charge >= 0.3 is 0 Å². The molecule has 1 saturated heterocycles. The Kier molecular flexibility index (Phi) is 7.55. The van der Waals surface area contributed by atoms with Crippen LogP contribution in [0.5, 0.6) is 5.75 Å². The minimum Gasteiger partial charge on any atom is -0.483 e. The first-order valence-corrected chi connectivity index (χ1v) is 9.99. The number of rotatable bonds is 7. The van der Waals surface area contributed by atoms with Gasteiger partial charge in [0.05, 0.1) is 12.1 Å². The third kappa shape index (κ3) is 6.51. The Bertz CT molecular complexity index is 935. The van der Waals surface area contributed by atoms with Crippen LogP contribution in [0.2, 0.25) is 0 Å². The molecule has 1 fully saturated rings. The van der Waals surface area contributed by atoms with Crippen molar-refractivity contribution in [3.63, 3.8) is 0 Å². The van der Waals surface area contributed by atoms with Gasteiger partial charge in [-0.25, -0.2) is 4.39 Å². The summed E-state index contributed by atoms with van der Waals surface area (Å²) in [6, 6.07) is 12.1. The van der Waals surface area contributed by atoms with Gasteiger partial charge in [-0.05, 0) is 42.8 Å². The Hall–Kier alpha value is -3.46. The molecule has 3 rings (SSSR count). The fourth-order valence-corrected chi connectivity index (χ4v) is 3.34. The van der Waals surface area contributed by atoms with Gasteiger partial charge < -0.3 is 20.7 Å². The predicted molar refractivity (Wildman–Crippen MR) is 113 cm³/mol. The highest BCUT2D eigenvalue weighted by molar-refractivity contribution is 5.95. The van der Waals surface area contributed by atoms with Crippen molar-refractivity contribution in [1.82, 2.24) is 9.80 Å². The molecule has 8 nitrogen and oxygen atoms in total. The van der Waals surface area contributed by atoms with Gasteiger partial charge in [0.2, 0.25) is 5.91 Å². The lowest BCUT2D eigenvalue weighted by molar-refractivity contribution is -0.133. The Labute approximate surface area is 179 Å². The molecule has 3 amide bonds. The molecule has 9 heteroatoms. The molecule has 2 aromatic carbocycles. The molecule has 0 aromatic heterocycles. The molecule has 3 N–H and O–H groups in total. The maximum atomic E-state index is 13.0. The van der Waals surface area contributed by atoms with Crippen LogP contribution in [0.3, 0.4) is 0 Å². The van der Waals surface area contributed by atoms with Crippen LogP contribution in [0.1, 0.15) is 16.8 Å². The first kappa shape index (κ1) is 22.2. The number of para-hydroxylation sites is 1. The molecule has 1 aliphatic rings. The van der Waals surface area contributed by atoms with Crippen molar-refractivity contribution in [2.24, 2.45) is 5.73 Å². The zero-order valence-electron chi connectivity index (χ0n) is 17.1. The monoisotopic (exact) mass is 428 g/mol. The SMILES string of the molecule is NC(=O)c1ccccc1OCC(=O)N1CCCN(CC(=O)Nc2ccc(F)cc2)CC1. The number of hydrogen-bond donors (Lipinski definition) is 2. The Morgan fingerprint density at radius 3 is 2.48 bits per heavy atom. The second kappa shape index (κ2) is 10.5. The summed E-state index contributed by atoms with van der Waals surface area (Å²) in [5.74, 6) is -1.10. The largest absolute Gasteiger partial charge is 0.483 e. The maximum absolute atomic E-state index is 13.0. The van der Waals surface area contributed by atoms with E-state index in [4.69, 9.17) is 10.5 Å². The molecule has 0 unspecified atom stereocenters. The van der Waals surface area contributed by atoms with Crippen molar-refractivity contribution in [1.29, 1.82) is 0 Å². The van der Waals surface area contributed by atoms with Gasteiger partial charge in [0, 0.05) is 31.9 Å². The fourth-order valence-electron chi connectivity index (χ4n) is 3.34. The van der Waals surface area contributed by atoms with Crippen LogP contribution < -0.4 is 15.8 Å². The zero-order chi connectivity index (χ0) is 22.2. The van der Waals surface area contributed by atoms with Crippen molar-refractivity contribution in [2.45, 2.75) is 6.42 Å². The summed E-state index contributed by atoms with van der Waals surface area (Å²) in [5.41, 5.74) is 6.09. The molecule has 164 valence electrons. The van der Waals surface area contributed by atoms with Crippen molar-refractivity contribution in [3.8, 4) is 5.75 Å². The van der Waals surface area contributed by atoms with E-state index in [2.05, 4.69) is 5.32 Å². The first-order chi connectivity index (χ1) is 14.9. The lowest BCUT2D eigenvalue weighted by Crippen LogP contribution is -2.39. The molecule has 0 radical (unpaired) electrons. The van der Waals surface area contributed by atoms with Gasteiger partial charge in [-0.3, -0.25) is 19.3 Å². The molecule has 31 heavy (non-hydrogen) atoms. The Balaban J connectivity index is 1.47. The summed E-state index contributed by atoms with van der Waals surface area (Å²) in [7, 11) is 0. The highest BCUT2D eigenvalue weighted by Gasteiger charge is 2.21. The van der Waals surface area contributed by atoms with E-state index in [9.17, 15) is 18.8 Å². The van der Waals surface area contributed by atoms with E-state index in [0.29, 0.717) is 38.3 Å². The number of anilines is 1. The molecular weight excluding hydrogens is 403 g/mol. The molecule has 0 spiro atoms. The lowest BCUT2D eigenvalue weighted by atomic mass is 10.2. The number of nitrogens with one attached hydrogen (secondary N) is 1. The fraction of sp³-hybridized carbons (Fsp3) is 0.318. The average Bonchev–Trinajstić information content (AvgIpc) is 2.99. The standard InChI is InChI=1S/C22H25FN4O4/c23-16-6-8-17(9-7-16)25-20(28)14-26-10-3-11-27(13-12-26)21(29)15-31-19-5-2-1-4-18(19)22(24)30/h1-2,4-9H,3,10-15H2,(H2,24,30)(H,25,28). The van der Waals surface area contributed by atoms with Crippen LogP contribution in [-0.2, 0) is 9.59 Å². The average molecular weight is 428 g/mol. The quantitative estimate of drug-likeness (QED) is 0.695. The van der Waals surface area contributed by atoms with Crippen molar-refractivity contribution >= 4 is 23.4 Å². The smallest absolute Gasteiger partial charge is 0.260 e. The first-order valence-electron chi connectivity index (χ1n) is 9.99. The van der Waals surface area contributed by atoms with Crippen LogP contribution in [0, 0.1) is 5.82 Å². The lowest BCUT2D eigenvalue weighted by Gasteiger charge is -2.22.